The van der Waals surface area contributed by atoms with Gasteiger partial charge in [-0.2, -0.15) is 0 Å². The van der Waals surface area contributed by atoms with Gasteiger partial charge in [0.25, 0.3) is 0 Å². The van der Waals surface area contributed by atoms with Crippen molar-refractivity contribution in [3.63, 3.8) is 0 Å². The largest absolute Gasteiger partial charge is 0.481 e. The minimum Gasteiger partial charge on any atom is -0.481 e. The molecular formula is C15H22O3. The van der Waals surface area contributed by atoms with Crippen LogP contribution in [0.5, 0.6) is 0 Å². The van der Waals surface area contributed by atoms with Crippen LogP contribution in [0.25, 0.3) is 0 Å². The Morgan fingerprint density at radius 3 is 2.83 bits per heavy atom. The molecule has 4 atom stereocenters. The molecule has 0 heterocycles. The predicted molar refractivity (Wildman–Crippen MR) is 70.1 cm³/mol. The Bertz CT molecular complexity index is 410. The second-order valence-corrected chi connectivity index (χ2v) is 6.04. The van der Waals surface area contributed by atoms with E-state index in [1.54, 1.807) is 0 Å². The van der Waals surface area contributed by atoms with Crippen LogP contribution in [-0.2, 0) is 4.79 Å². The summed E-state index contributed by atoms with van der Waals surface area (Å²) in [5, 5.41) is 19.3. The van der Waals surface area contributed by atoms with E-state index in [4.69, 9.17) is 0 Å². The van der Waals surface area contributed by atoms with Gasteiger partial charge in [-0.15, -0.1) is 0 Å². The van der Waals surface area contributed by atoms with E-state index in [1.807, 2.05) is 19.9 Å². The molecule has 1 unspecified atom stereocenters. The standard InChI is InChI=1S/C15H22O3/c1-9-5-7-13(16)10(2)4-6-12-11(9)8-15(12,3)14(17)18/h4,11-13,16H,1,5-8H2,2-3H3,(H,17,18)/b10-4-/t11-,12-,13?,15-/m1/s1. The molecule has 0 bridgehead atoms. The second-order valence-electron chi connectivity index (χ2n) is 6.04. The smallest absolute Gasteiger partial charge is 0.309 e. The summed E-state index contributed by atoms with van der Waals surface area (Å²) in [7, 11) is 0. The number of rotatable bonds is 1. The third-order valence-electron chi connectivity index (χ3n) is 4.92. The summed E-state index contributed by atoms with van der Waals surface area (Å²) in [6.07, 6.45) is 4.53. The average Bonchev–Trinajstić information content (AvgIpc) is 2.34. The molecule has 2 N–H and O–H groups in total. The van der Waals surface area contributed by atoms with Gasteiger partial charge in [0.2, 0.25) is 0 Å². The molecule has 2 rings (SSSR count). The first-order valence-electron chi connectivity index (χ1n) is 6.62. The number of hydrogen-bond acceptors (Lipinski definition) is 2. The lowest BCUT2D eigenvalue weighted by molar-refractivity contribution is -0.163. The molecule has 2 aliphatic rings. The minimum absolute atomic E-state index is 0.128. The maximum absolute atomic E-state index is 11.4. The molecule has 0 spiro atoms. The molecule has 18 heavy (non-hydrogen) atoms. The zero-order chi connectivity index (χ0) is 13.5. The van der Waals surface area contributed by atoms with Gasteiger partial charge in [0.1, 0.15) is 0 Å². The SMILES string of the molecule is C=C1CCC(O)/C(C)=C\C[C@@H]2[C@@H]1C[C@@]2(C)C(=O)O. The van der Waals surface area contributed by atoms with Crippen LogP contribution < -0.4 is 0 Å². The van der Waals surface area contributed by atoms with Gasteiger partial charge in [-0.3, -0.25) is 4.79 Å². The maximum atomic E-state index is 11.4. The van der Waals surface area contributed by atoms with E-state index in [2.05, 4.69) is 6.58 Å². The van der Waals surface area contributed by atoms with Crippen LogP contribution in [0.1, 0.15) is 39.5 Å². The Morgan fingerprint density at radius 1 is 1.56 bits per heavy atom. The summed E-state index contributed by atoms with van der Waals surface area (Å²) in [5.41, 5.74) is 1.45. The molecule has 0 radical (unpaired) electrons. The molecule has 0 amide bonds. The summed E-state index contributed by atoms with van der Waals surface area (Å²) < 4.78 is 0. The number of allylic oxidation sites excluding steroid dienone is 2. The van der Waals surface area contributed by atoms with E-state index in [9.17, 15) is 15.0 Å². The van der Waals surface area contributed by atoms with Gasteiger partial charge in [0.15, 0.2) is 0 Å². The lowest BCUT2D eigenvalue weighted by atomic mass is 9.51. The van der Waals surface area contributed by atoms with Crippen molar-refractivity contribution in [2.45, 2.75) is 45.6 Å². The van der Waals surface area contributed by atoms with Crippen LogP contribution in [0.3, 0.4) is 0 Å². The van der Waals surface area contributed by atoms with Gasteiger partial charge in [0.05, 0.1) is 11.5 Å². The van der Waals surface area contributed by atoms with Gasteiger partial charge in [-0.05, 0) is 56.9 Å². The number of aliphatic carboxylic acids is 1. The van der Waals surface area contributed by atoms with Crippen LogP contribution in [0, 0.1) is 17.3 Å². The molecule has 1 fully saturated rings. The highest BCUT2D eigenvalue weighted by molar-refractivity contribution is 5.76. The second kappa shape index (κ2) is 4.54. The van der Waals surface area contributed by atoms with Crippen molar-refractivity contribution in [3.8, 4) is 0 Å². The molecule has 2 aliphatic carbocycles. The normalized spacial score (nSPS) is 43.6. The number of fused-ring (bicyclic) bond motifs is 1. The summed E-state index contributed by atoms with van der Waals surface area (Å²) in [6, 6.07) is 0. The molecule has 0 aromatic carbocycles. The van der Waals surface area contributed by atoms with Crippen LogP contribution in [0.15, 0.2) is 23.8 Å². The molecule has 3 heteroatoms. The predicted octanol–water partition coefficient (Wildman–Crippen LogP) is 2.76. The molecule has 0 aliphatic heterocycles. The Kier molecular flexibility index (Phi) is 3.37. The van der Waals surface area contributed by atoms with E-state index >= 15 is 0 Å². The van der Waals surface area contributed by atoms with Crippen molar-refractivity contribution in [3.05, 3.63) is 23.8 Å². The number of carboxylic acids is 1. The van der Waals surface area contributed by atoms with Crippen LogP contribution in [0.2, 0.25) is 0 Å². The third kappa shape index (κ3) is 2.01. The van der Waals surface area contributed by atoms with E-state index in [-0.39, 0.29) is 5.92 Å². The molecular weight excluding hydrogens is 228 g/mol. The lowest BCUT2D eigenvalue weighted by Gasteiger charge is -2.51. The maximum Gasteiger partial charge on any atom is 0.309 e. The fraction of sp³-hybridized carbons (Fsp3) is 0.667. The number of carboxylic acid groups (broad SMARTS) is 1. The lowest BCUT2D eigenvalue weighted by Crippen LogP contribution is -2.51. The Morgan fingerprint density at radius 2 is 2.22 bits per heavy atom. The first-order valence-corrected chi connectivity index (χ1v) is 6.62. The molecule has 1 saturated carbocycles. The number of carbonyl (C=O) groups is 1. The van der Waals surface area contributed by atoms with Crippen LogP contribution in [-0.4, -0.2) is 22.3 Å². The van der Waals surface area contributed by atoms with Gasteiger partial charge in [-0.25, -0.2) is 0 Å². The Labute approximate surface area is 108 Å². The monoisotopic (exact) mass is 250 g/mol. The summed E-state index contributed by atoms with van der Waals surface area (Å²) in [6.45, 7) is 7.85. The minimum atomic E-state index is -0.706. The van der Waals surface area contributed by atoms with Gasteiger partial charge < -0.3 is 10.2 Å². The molecule has 0 saturated heterocycles. The van der Waals surface area contributed by atoms with E-state index in [0.717, 1.165) is 24.0 Å². The van der Waals surface area contributed by atoms with Gasteiger partial charge in [-0.1, -0.05) is 18.2 Å². The highest BCUT2D eigenvalue weighted by atomic mass is 16.4. The number of aliphatic hydroxyl groups is 1. The molecule has 0 aromatic rings. The highest BCUT2D eigenvalue weighted by Crippen LogP contribution is 2.56. The van der Waals surface area contributed by atoms with Crippen LogP contribution in [0.4, 0.5) is 0 Å². The van der Waals surface area contributed by atoms with Crippen molar-refractivity contribution in [1.82, 2.24) is 0 Å². The topological polar surface area (TPSA) is 57.5 Å². The first kappa shape index (κ1) is 13.3. The van der Waals surface area contributed by atoms with Crippen LogP contribution >= 0.6 is 0 Å². The molecule has 3 nitrogen and oxygen atoms in total. The summed E-state index contributed by atoms with van der Waals surface area (Å²) in [5.74, 6) is -0.273. The van der Waals surface area contributed by atoms with E-state index < -0.39 is 17.5 Å². The zero-order valence-electron chi connectivity index (χ0n) is 11.1. The van der Waals surface area contributed by atoms with Crippen molar-refractivity contribution < 1.29 is 15.0 Å². The fourth-order valence-corrected chi connectivity index (χ4v) is 3.32. The Balaban J connectivity index is 2.24. The van der Waals surface area contributed by atoms with Crippen molar-refractivity contribution in [2.24, 2.45) is 17.3 Å². The quantitative estimate of drug-likeness (QED) is 0.703. The zero-order valence-corrected chi connectivity index (χ0v) is 11.1. The van der Waals surface area contributed by atoms with Gasteiger partial charge >= 0.3 is 5.97 Å². The number of aliphatic hydroxyl groups excluding tert-OH is 1. The van der Waals surface area contributed by atoms with E-state index in [1.165, 1.54) is 0 Å². The summed E-state index contributed by atoms with van der Waals surface area (Å²) >= 11 is 0. The average molecular weight is 250 g/mol. The Hall–Kier alpha value is -1.09. The highest BCUT2D eigenvalue weighted by Gasteiger charge is 2.55. The first-order chi connectivity index (χ1) is 8.36. The molecule has 100 valence electrons. The van der Waals surface area contributed by atoms with Crippen molar-refractivity contribution in [2.75, 3.05) is 0 Å². The van der Waals surface area contributed by atoms with E-state index in [0.29, 0.717) is 18.8 Å². The molecule has 0 aromatic heterocycles. The summed E-state index contributed by atoms with van der Waals surface area (Å²) in [4.78, 5) is 11.4. The van der Waals surface area contributed by atoms with Crippen molar-refractivity contribution >= 4 is 5.97 Å². The van der Waals surface area contributed by atoms with Gasteiger partial charge in [0, 0.05) is 0 Å². The fourth-order valence-electron chi connectivity index (χ4n) is 3.32. The van der Waals surface area contributed by atoms with Crippen molar-refractivity contribution in [1.29, 1.82) is 0 Å². The number of hydrogen-bond donors (Lipinski definition) is 2. The third-order valence-corrected chi connectivity index (χ3v) is 4.92.